The molecule has 0 amide bonds. The number of hydrogen-bond donors (Lipinski definition) is 0. The molecule has 10 heavy (non-hydrogen) atoms. The predicted octanol–water partition coefficient (Wildman–Crippen LogP) is 1.87. The summed E-state index contributed by atoms with van der Waals surface area (Å²) in [7, 11) is 0. The average molecular weight is 159 g/mol. The molecule has 0 rings (SSSR count). The Labute approximate surface area is 54.5 Å². The minimum atomic E-state index is -4.89. The fourth-order valence-electron chi connectivity index (χ4n) is 0.251. The summed E-state index contributed by atoms with van der Waals surface area (Å²) >= 11 is 0. The van der Waals surface area contributed by atoms with E-state index in [-0.39, 0.29) is 6.61 Å². The molecule has 0 N–H and O–H groups in total. The van der Waals surface area contributed by atoms with Crippen molar-refractivity contribution in [3.05, 3.63) is 0 Å². The van der Waals surface area contributed by atoms with Gasteiger partial charge in [0.05, 0.1) is 6.61 Å². The molecule has 0 bridgehead atoms. The van der Waals surface area contributed by atoms with E-state index in [0.29, 0.717) is 0 Å². The van der Waals surface area contributed by atoms with E-state index in [1.165, 1.54) is 6.92 Å². The van der Waals surface area contributed by atoms with E-state index in [4.69, 9.17) is 0 Å². The lowest BCUT2D eigenvalue weighted by atomic mass is 10.9. The Balaban J connectivity index is 3.90. The third-order valence-electron chi connectivity index (χ3n) is 0.478. The van der Waals surface area contributed by atoms with E-state index in [1.807, 2.05) is 0 Å². The second-order valence-electron chi connectivity index (χ2n) is 1.27. The van der Waals surface area contributed by atoms with Crippen LogP contribution >= 0.6 is 0 Å². The lowest BCUT2D eigenvalue weighted by molar-refractivity contribution is -0.122. The monoisotopic (exact) mass is 159 g/mol. The van der Waals surface area contributed by atoms with Gasteiger partial charge in [-0.1, -0.05) is 0 Å². The molecule has 0 unspecified atom stereocenters. The molecule has 0 atom stereocenters. The number of nitrogens with zero attached hydrogens (tertiary/aromatic N) is 1. The van der Waals surface area contributed by atoms with E-state index in [0.717, 1.165) is 0 Å². The molecule has 0 saturated carbocycles. The molecular weight excluding hydrogens is 154 g/mol. The average Bonchev–Trinajstić information content (AvgIpc) is 1.59. The van der Waals surface area contributed by atoms with Crippen molar-refractivity contribution < 1.29 is 22.3 Å². The number of ether oxygens (including phenoxy) is 1. The Kier molecular flexibility index (Phi) is 3.11. The van der Waals surface area contributed by atoms with Gasteiger partial charge in [0.25, 0.3) is 0 Å². The van der Waals surface area contributed by atoms with Crippen LogP contribution in [0, 0.1) is 0 Å². The van der Waals surface area contributed by atoms with Crippen molar-refractivity contribution in [2.45, 2.75) is 13.2 Å². The van der Waals surface area contributed by atoms with Crippen molar-refractivity contribution in [1.82, 2.24) is 0 Å². The molecule has 6 heteroatoms. The number of halogens is 4. The number of alkyl halides is 3. The summed E-state index contributed by atoms with van der Waals surface area (Å²) in [6, 6.07) is 0. The topological polar surface area (TPSA) is 21.6 Å². The highest BCUT2D eigenvalue weighted by molar-refractivity contribution is 5.65. The van der Waals surface area contributed by atoms with Crippen molar-refractivity contribution in [2.24, 2.45) is 4.99 Å². The van der Waals surface area contributed by atoms with Crippen LogP contribution in [0.5, 0.6) is 0 Å². The van der Waals surface area contributed by atoms with Gasteiger partial charge in [-0.15, -0.1) is 22.6 Å². The van der Waals surface area contributed by atoms with Crippen molar-refractivity contribution in [1.29, 1.82) is 0 Å². The number of aliphatic imine (C=N–C) groups is 1. The normalized spacial score (nSPS) is 13.5. The van der Waals surface area contributed by atoms with Crippen molar-refractivity contribution in [3.63, 3.8) is 0 Å². The third kappa shape index (κ3) is 5.33. The second-order valence-corrected chi connectivity index (χ2v) is 1.27. The minimum absolute atomic E-state index is 0.175. The van der Waals surface area contributed by atoms with Gasteiger partial charge in [-0.3, -0.25) is 0 Å². The first-order valence-corrected chi connectivity index (χ1v) is 2.40. The van der Waals surface area contributed by atoms with Crippen LogP contribution in [0.3, 0.4) is 0 Å². The Morgan fingerprint density at radius 3 is 2.30 bits per heavy atom. The Morgan fingerprint density at radius 1 is 1.50 bits per heavy atom. The first-order chi connectivity index (χ1) is 4.45. The zero-order valence-corrected chi connectivity index (χ0v) is 5.07. The standard InChI is InChI=1S/C4H5F4NO/c1-2-10-3(5)9-4(6,7)8/h2H2,1H3. The van der Waals surface area contributed by atoms with E-state index in [2.05, 4.69) is 4.74 Å². The molecule has 0 aliphatic rings. The lowest BCUT2D eigenvalue weighted by Crippen LogP contribution is -2.08. The fourth-order valence-corrected chi connectivity index (χ4v) is 0.251. The second kappa shape index (κ2) is 3.38. The molecule has 0 spiro atoms. The summed E-state index contributed by atoms with van der Waals surface area (Å²) < 4.78 is 48.9. The van der Waals surface area contributed by atoms with Crippen molar-refractivity contribution >= 4 is 6.15 Å². The number of rotatable bonds is 1. The Bertz CT molecular complexity index is 130. The maximum absolute atomic E-state index is 11.7. The summed E-state index contributed by atoms with van der Waals surface area (Å²) in [5, 5.41) is 0. The maximum atomic E-state index is 11.7. The van der Waals surface area contributed by atoms with Crippen LogP contribution < -0.4 is 0 Å². The largest absolute Gasteiger partial charge is 0.508 e. The van der Waals surface area contributed by atoms with Gasteiger partial charge in [-0.2, -0.15) is 0 Å². The molecule has 0 aliphatic heterocycles. The summed E-state index contributed by atoms with van der Waals surface area (Å²) in [5.41, 5.74) is 0. The Hall–Kier alpha value is -0.810. The predicted molar refractivity (Wildman–Crippen MR) is 26.2 cm³/mol. The summed E-state index contributed by atoms with van der Waals surface area (Å²) in [6.07, 6.45) is -6.74. The summed E-state index contributed by atoms with van der Waals surface area (Å²) in [6.45, 7) is 1.18. The molecule has 0 heterocycles. The first-order valence-electron chi connectivity index (χ1n) is 2.40. The van der Waals surface area contributed by atoms with Crippen molar-refractivity contribution in [2.75, 3.05) is 6.61 Å². The molecule has 0 aromatic rings. The van der Waals surface area contributed by atoms with Crippen LogP contribution in [0.4, 0.5) is 17.6 Å². The lowest BCUT2D eigenvalue weighted by Gasteiger charge is -1.99. The molecule has 0 aliphatic carbocycles. The molecule has 0 radical (unpaired) electrons. The SMILES string of the molecule is CCOC(F)=NC(F)(F)F. The van der Waals surface area contributed by atoms with Gasteiger partial charge in [0.1, 0.15) is 0 Å². The van der Waals surface area contributed by atoms with E-state index < -0.39 is 12.5 Å². The highest BCUT2D eigenvalue weighted by Crippen LogP contribution is 2.16. The zero-order chi connectivity index (χ0) is 8.20. The van der Waals surface area contributed by atoms with Crippen LogP contribution in [-0.4, -0.2) is 19.1 Å². The van der Waals surface area contributed by atoms with Crippen LogP contribution in [-0.2, 0) is 4.74 Å². The van der Waals surface area contributed by atoms with Gasteiger partial charge in [0, 0.05) is 0 Å². The molecule has 0 aromatic heterocycles. The van der Waals surface area contributed by atoms with Crippen LogP contribution in [0.15, 0.2) is 4.99 Å². The summed E-state index contributed by atoms with van der Waals surface area (Å²) in [5.74, 6) is 0. The van der Waals surface area contributed by atoms with Gasteiger partial charge < -0.3 is 4.74 Å². The zero-order valence-electron chi connectivity index (χ0n) is 5.07. The molecular formula is C4H5F4NO. The van der Waals surface area contributed by atoms with Gasteiger partial charge in [-0.05, 0) is 6.92 Å². The highest BCUT2D eigenvalue weighted by Gasteiger charge is 2.28. The van der Waals surface area contributed by atoms with Gasteiger partial charge >= 0.3 is 12.5 Å². The Morgan fingerprint density at radius 2 is 2.00 bits per heavy atom. The van der Waals surface area contributed by atoms with Gasteiger partial charge in [-0.25, -0.2) is 0 Å². The van der Waals surface area contributed by atoms with Crippen LogP contribution in [0.1, 0.15) is 6.92 Å². The quantitative estimate of drug-likeness (QED) is 0.247. The smallest absolute Gasteiger partial charge is 0.457 e. The maximum Gasteiger partial charge on any atom is 0.508 e. The van der Waals surface area contributed by atoms with Crippen LogP contribution in [0.25, 0.3) is 0 Å². The summed E-state index contributed by atoms with van der Waals surface area (Å²) in [4.78, 5) is 1.63. The molecule has 2 nitrogen and oxygen atoms in total. The molecule has 0 saturated heterocycles. The first kappa shape index (κ1) is 9.19. The molecule has 0 aromatic carbocycles. The van der Waals surface area contributed by atoms with E-state index in [1.54, 1.807) is 4.99 Å². The van der Waals surface area contributed by atoms with Gasteiger partial charge in [0.2, 0.25) is 0 Å². The van der Waals surface area contributed by atoms with Gasteiger partial charge in [0.15, 0.2) is 0 Å². The number of hydrogen-bond acceptors (Lipinski definition) is 2. The minimum Gasteiger partial charge on any atom is -0.457 e. The fraction of sp³-hybridized carbons (Fsp3) is 0.750. The van der Waals surface area contributed by atoms with Crippen LogP contribution in [0.2, 0.25) is 0 Å². The molecule has 60 valence electrons. The highest BCUT2D eigenvalue weighted by atomic mass is 19.4. The van der Waals surface area contributed by atoms with Crippen molar-refractivity contribution in [3.8, 4) is 0 Å². The van der Waals surface area contributed by atoms with E-state index in [9.17, 15) is 17.6 Å². The van der Waals surface area contributed by atoms with E-state index >= 15 is 0 Å². The molecule has 0 fully saturated rings. The third-order valence-corrected chi connectivity index (χ3v) is 0.478.